The van der Waals surface area contributed by atoms with Crippen LogP contribution in [0.1, 0.15) is 54.3 Å². The van der Waals surface area contributed by atoms with Crippen LogP contribution in [0.5, 0.6) is 0 Å². The van der Waals surface area contributed by atoms with Crippen LogP contribution in [-0.4, -0.2) is 21.1 Å². The van der Waals surface area contributed by atoms with Crippen molar-refractivity contribution in [3.63, 3.8) is 0 Å². The Morgan fingerprint density at radius 1 is 1.45 bits per heavy atom. The second-order valence-electron chi connectivity index (χ2n) is 5.25. The molecule has 6 heteroatoms. The molecule has 0 aliphatic heterocycles. The highest BCUT2D eigenvalue weighted by atomic mass is 32.1. The highest BCUT2D eigenvalue weighted by Crippen LogP contribution is 2.31. The molecule has 0 aromatic carbocycles. The van der Waals surface area contributed by atoms with Gasteiger partial charge in [0.2, 0.25) is 4.77 Å². The molecular weight excluding hydrogens is 288 g/mol. The predicted molar refractivity (Wildman–Crippen MR) is 85.3 cm³/mol. The summed E-state index contributed by atoms with van der Waals surface area (Å²) in [6.45, 7) is 2.09. The molecule has 20 heavy (non-hydrogen) atoms. The Labute approximate surface area is 127 Å². The van der Waals surface area contributed by atoms with E-state index in [0.717, 1.165) is 5.82 Å². The molecule has 0 unspecified atom stereocenters. The van der Waals surface area contributed by atoms with Gasteiger partial charge >= 0.3 is 0 Å². The number of hydrogen-bond donors (Lipinski definition) is 1. The monoisotopic (exact) mass is 306 g/mol. The van der Waals surface area contributed by atoms with Crippen molar-refractivity contribution in [2.75, 3.05) is 0 Å². The van der Waals surface area contributed by atoms with Crippen LogP contribution in [0.15, 0.2) is 16.5 Å². The topological polar surface area (TPSA) is 46.0 Å². The lowest BCUT2D eigenvalue weighted by atomic mass is 9.89. The van der Waals surface area contributed by atoms with Gasteiger partial charge < -0.3 is 0 Å². The van der Waals surface area contributed by atoms with E-state index in [1.54, 1.807) is 16.0 Å². The highest BCUT2D eigenvalue weighted by molar-refractivity contribution is 7.71. The van der Waals surface area contributed by atoms with Crippen LogP contribution in [0.25, 0.3) is 0 Å². The molecule has 1 N–H and O–H groups in total. The van der Waals surface area contributed by atoms with Crippen LogP contribution in [0.3, 0.4) is 0 Å². The lowest BCUT2D eigenvalue weighted by Crippen LogP contribution is -2.10. The van der Waals surface area contributed by atoms with E-state index >= 15 is 0 Å². The second kappa shape index (κ2) is 6.01. The fraction of sp³-hybridized carbons (Fsp3) is 0.500. The summed E-state index contributed by atoms with van der Waals surface area (Å²) < 4.78 is 2.38. The molecule has 1 fully saturated rings. The summed E-state index contributed by atoms with van der Waals surface area (Å²) in [7, 11) is 0. The average molecular weight is 306 g/mol. The summed E-state index contributed by atoms with van der Waals surface area (Å²) in [4.78, 5) is 1.17. The van der Waals surface area contributed by atoms with Gasteiger partial charge in [0, 0.05) is 5.92 Å². The van der Waals surface area contributed by atoms with E-state index in [2.05, 4.69) is 33.7 Å². The summed E-state index contributed by atoms with van der Waals surface area (Å²) >= 11 is 7.00. The van der Waals surface area contributed by atoms with Crippen molar-refractivity contribution in [1.82, 2.24) is 14.9 Å². The molecule has 2 aromatic heterocycles. The van der Waals surface area contributed by atoms with Gasteiger partial charge in [-0.05, 0) is 49.0 Å². The van der Waals surface area contributed by atoms with E-state index in [-0.39, 0.29) is 0 Å². The van der Waals surface area contributed by atoms with Gasteiger partial charge in [0.15, 0.2) is 5.82 Å². The summed E-state index contributed by atoms with van der Waals surface area (Å²) in [5.74, 6) is 1.47. The SMILES string of the molecule is Cc1ccsc1C=Nn1c(C2CCCCC2)n[nH]c1=S. The maximum atomic E-state index is 5.30. The molecule has 0 atom stereocenters. The molecule has 0 radical (unpaired) electrons. The first kappa shape index (κ1) is 13.7. The van der Waals surface area contributed by atoms with Gasteiger partial charge in [0.05, 0.1) is 11.1 Å². The van der Waals surface area contributed by atoms with Crippen molar-refractivity contribution in [3.8, 4) is 0 Å². The fourth-order valence-electron chi connectivity index (χ4n) is 2.67. The minimum Gasteiger partial charge on any atom is -0.250 e. The van der Waals surface area contributed by atoms with Gasteiger partial charge in [-0.2, -0.15) is 14.9 Å². The van der Waals surface area contributed by atoms with Crippen LogP contribution in [0, 0.1) is 11.7 Å². The third kappa shape index (κ3) is 2.76. The molecule has 2 heterocycles. The van der Waals surface area contributed by atoms with Crippen LogP contribution in [-0.2, 0) is 0 Å². The minimum absolute atomic E-state index is 0.485. The normalized spacial score (nSPS) is 17.1. The quantitative estimate of drug-likeness (QED) is 0.681. The standard InChI is InChI=1S/C14H18N4S2/c1-10-7-8-20-12(10)9-15-18-13(16-17-14(18)19)11-5-3-2-4-6-11/h7-9,11H,2-6H2,1H3,(H,17,19). The maximum absolute atomic E-state index is 5.30. The lowest BCUT2D eigenvalue weighted by molar-refractivity contribution is 0.419. The van der Waals surface area contributed by atoms with Crippen molar-refractivity contribution in [3.05, 3.63) is 32.5 Å². The molecule has 0 amide bonds. The molecule has 4 nitrogen and oxygen atoms in total. The summed E-state index contributed by atoms with van der Waals surface area (Å²) in [5.41, 5.74) is 1.24. The third-order valence-corrected chi connectivity index (χ3v) is 5.06. The Balaban J connectivity index is 1.89. The Hall–Kier alpha value is -1.27. The van der Waals surface area contributed by atoms with E-state index in [1.807, 2.05) is 6.21 Å². The van der Waals surface area contributed by atoms with Gasteiger partial charge in [-0.1, -0.05) is 19.3 Å². The molecular formula is C14H18N4S2. The Bertz CT molecular complexity index is 659. The van der Waals surface area contributed by atoms with Crippen molar-refractivity contribution < 1.29 is 0 Å². The maximum Gasteiger partial charge on any atom is 0.216 e. The molecule has 3 rings (SSSR count). The molecule has 1 aliphatic rings. The first-order valence-electron chi connectivity index (χ1n) is 7.01. The zero-order chi connectivity index (χ0) is 13.9. The number of aromatic nitrogens is 3. The number of aromatic amines is 1. The molecule has 1 saturated carbocycles. The molecule has 0 bridgehead atoms. The molecule has 0 spiro atoms. The fourth-order valence-corrected chi connectivity index (χ4v) is 3.63. The van der Waals surface area contributed by atoms with Crippen molar-refractivity contribution in [2.24, 2.45) is 5.10 Å². The molecule has 2 aromatic rings. The number of rotatable bonds is 3. The van der Waals surface area contributed by atoms with Crippen LogP contribution < -0.4 is 0 Å². The molecule has 106 valence electrons. The van der Waals surface area contributed by atoms with E-state index in [0.29, 0.717) is 10.7 Å². The number of aryl methyl sites for hydroxylation is 1. The van der Waals surface area contributed by atoms with Crippen molar-refractivity contribution in [1.29, 1.82) is 0 Å². The van der Waals surface area contributed by atoms with E-state index in [4.69, 9.17) is 12.2 Å². The first-order valence-corrected chi connectivity index (χ1v) is 8.30. The minimum atomic E-state index is 0.485. The Morgan fingerprint density at radius 2 is 2.25 bits per heavy atom. The zero-order valence-corrected chi connectivity index (χ0v) is 13.1. The summed E-state index contributed by atoms with van der Waals surface area (Å²) in [6.07, 6.45) is 8.15. The van der Waals surface area contributed by atoms with Crippen molar-refractivity contribution >= 4 is 29.8 Å². The summed E-state index contributed by atoms with van der Waals surface area (Å²) in [6, 6.07) is 2.10. The van der Waals surface area contributed by atoms with E-state index < -0.39 is 0 Å². The van der Waals surface area contributed by atoms with Gasteiger partial charge in [-0.25, -0.2) is 0 Å². The number of nitrogens with zero attached hydrogens (tertiary/aromatic N) is 3. The molecule has 1 aliphatic carbocycles. The smallest absolute Gasteiger partial charge is 0.216 e. The van der Waals surface area contributed by atoms with Crippen LogP contribution in [0.2, 0.25) is 0 Å². The predicted octanol–water partition coefficient (Wildman–Crippen LogP) is 4.24. The Morgan fingerprint density at radius 3 is 2.95 bits per heavy atom. The number of H-pyrrole nitrogens is 1. The van der Waals surface area contributed by atoms with Gasteiger partial charge in [0.25, 0.3) is 0 Å². The number of thiophene rings is 1. The summed E-state index contributed by atoms with van der Waals surface area (Å²) in [5, 5.41) is 13.9. The van der Waals surface area contributed by atoms with E-state index in [9.17, 15) is 0 Å². The van der Waals surface area contributed by atoms with Gasteiger partial charge in [-0.3, -0.25) is 5.10 Å². The Kier molecular flexibility index (Phi) is 4.12. The largest absolute Gasteiger partial charge is 0.250 e. The van der Waals surface area contributed by atoms with Gasteiger partial charge in [0.1, 0.15) is 0 Å². The van der Waals surface area contributed by atoms with Crippen LogP contribution in [0.4, 0.5) is 0 Å². The highest BCUT2D eigenvalue weighted by Gasteiger charge is 2.21. The number of hydrogen-bond acceptors (Lipinski definition) is 4. The number of nitrogens with one attached hydrogen (secondary N) is 1. The molecule has 0 saturated heterocycles. The average Bonchev–Trinajstić information content (AvgIpc) is 3.04. The lowest BCUT2D eigenvalue weighted by Gasteiger charge is -2.19. The van der Waals surface area contributed by atoms with Crippen LogP contribution >= 0.6 is 23.6 Å². The third-order valence-electron chi connectivity index (χ3n) is 3.84. The van der Waals surface area contributed by atoms with E-state index in [1.165, 1.54) is 42.5 Å². The van der Waals surface area contributed by atoms with Crippen molar-refractivity contribution in [2.45, 2.75) is 44.9 Å². The zero-order valence-electron chi connectivity index (χ0n) is 11.5. The van der Waals surface area contributed by atoms with Gasteiger partial charge in [-0.15, -0.1) is 11.3 Å². The first-order chi connectivity index (χ1) is 9.75. The second-order valence-corrected chi connectivity index (χ2v) is 6.58.